The summed E-state index contributed by atoms with van der Waals surface area (Å²) in [4.78, 5) is 10.5. The molecule has 0 saturated heterocycles. The second-order valence-corrected chi connectivity index (χ2v) is 13.0. The predicted molar refractivity (Wildman–Crippen MR) is 212 cm³/mol. The summed E-state index contributed by atoms with van der Waals surface area (Å²) >= 11 is 0. The molecule has 0 fully saturated rings. The minimum absolute atomic E-state index is 0.691. The summed E-state index contributed by atoms with van der Waals surface area (Å²) in [6.07, 6.45) is 0. The molecule has 2 aromatic heterocycles. The first-order valence-corrected chi connectivity index (χ1v) is 17.2. The van der Waals surface area contributed by atoms with Crippen LogP contribution in [0.15, 0.2) is 186 Å². The highest BCUT2D eigenvalue weighted by Gasteiger charge is 2.17. The van der Waals surface area contributed by atoms with E-state index in [2.05, 4.69) is 152 Å². The molecule has 0 aliphatic rings. The summed E-state index contributed by atoms with van der Waals surface area (Å²) in [5, 5.41) is 6.98. The van der Waals surface area contributed by atoms with Crippen molar-refractivity contribution in [2.24, 2.45) is 0 Å². The third-order valence-electron chi connectivity index (χ3n) is 9.85. The van der Waals surface area contributed by atoms with Gasteiger partial charge in [0.25, 0.3) is 0 Å². The molecule has 0 saturated carbocycles. The molecule has 0 amide bonds. The lowest BCUT2D eigenvalue weighted by Crippen LogP contribution is -1.97. The second kappa shape index (κ2) is 11.9. The van der Waals surface area contributed by atoms with Gasteiger partial charge in [0.2, 0.25) is 0 Å². The van der Waals surface area contributed by atoms with Gasteiger partial charge in [0.15, 0.2) is 5.82 Å². The minimum atomic E-state index is 0.691. The molecular weight excluding hydrogens is 621 g/mol. The molecule has 0 radical (unpaired) electrons. The molecule has 238 valence electrons. The zero-order valence-corrected chi connectivity index (χ0v) is 27.6. The average Bonchev–Trinajstić information content (AvgIpc) is 3.59. The predicted octanol–water partition coefficient (Wildman–Crippen LogP) is 13.0. The molecule has 0 unspecified atom stereocenters. The monoisotopic (exact) mass is 650 g/mol. The van der Waals surface area contributed by atoms with Crippen molar-refractivity contribution in [1.82, 2.24) is 9.97 Å². The van der Waals surface area contributed by atoms with Crippen LogP contribution in [0.1, 0.15) is 0 Å². The lowest BCUT2D eigenvalue weighted by molar-refractivity contribution is 0.669. The Hall–Kier alpha value is -6.84. The maximum atomic E-state index is 6.34. The van der Waals surface area contributed by atoms with Gasteiger partial charge in [-0.25, -0.2) is 9.97 Å². The lowest BCUT2D eigenvalue weighted by atomic mass is 9.91. The number of hydrogen-bond acceptors (Lipinski definition) is 3. The van der Waals surface area contributed by atoms with Crippen molar-refractivity contribution < 1.29 is 4.42 Å². The molecule has 0 aliphatic heterocycles. The fourth-order valence-corrected chi connectivity index (χ4v) is 7.38. The maximum absolute atomic E-state index is 6.34. The number of nitrogens with zero attached hydrogens (tertiary/aromatic N) is 2. The Morgan fingerprint density at radius 2 is 0.980 bits per heavy atom. The van der Waals surface area contributed by atoms with Crippen molar-refractivity contribution in [2.75, 3.05) is 0 Å². The van der Waals surface area contributed by atoms with Crippen LogP contribution in [-0.2, 0) is 0 Å². The summed E-state index contributed by atoms with van der Waals surface area (Å²) in [6.45, 7) is 0. The largest absolute Gasteiger partial charge is 0.456 e. The first kappa shape index (κ1) is 29.1. The van der Waals surface area contributed by atoms with Gasteiger partial charge in [-0.2, -0.15) is 0 Å². The van der Waals surface area contributed by atoms with Gasteiger partial charge in [0.1, 0.15) is 11.2 Å². The van der Waals surface area contributed by atoms with Crippen LogP contribution < -0.4 is 0 Å². The zero-order chi connectivity index (χ0) is 33.7. The SMILES string of the molecule is c1ccc(-c2nc(-c3cc(-c4ccc5ccccc5c4)cc(-c4cccc5oc6ccccc6c45)c3)cc(-c3cccc4ccccc34)n2)cc1. The van der Waals surface area contributed by atoms with E-state index in [1.165, 1.54) is 16.2 Å². The van der Waals surface area contributed by atoms with Gasteiger partial charge in [-0.15, -0.1) is 0 Å². The van der Waals surface area contributed by atoms with Crippen molar-refractivity contribution >= 4 is 43.5 Å². The van der Waals surface area contributed by atoms with E-state index in [0.29, 0.717) is 5.82 Å². The first-order chi connectivity index (χ1) is 25.2. The molecule has 0 aliphatic carbocycles. The van der Waals surface area contributed by atoms with E-state index >= 15 is 0 Å². The van der Waals surface area contributed by atoms with Crippen LogP contribution in [0.5, 0.6) is 0 Å². The van der Waals surface area contributed by atoms with E-state index in [9.17, 15) is 0 Å². The highest BCUT2D eigenvalue weighted by atomic mass is 16.3. The smallest absolute Gasteiger partial charge is 0.160 e. The topological polar surface area (TPSA) is 38.9 Å². The van der Waals surface area contributed by atoms with E-state index in [4.69, 9.17) is 14.4 Å². The third kappa shape index (κ3) is 5.15. The molecule has 10 aromatic rings. The molecule has 0 bridgehead atoms. The maximum Gasteiger partial charge on any atom is 0.160 e. The number of para-hydroxylation sites is 1. The number of furan rings is 1. The highest BCUT2D eigenvalue weighted by Crippen LogP contribution is 2.41. The van der Waals surface area contributed by atoms with E-state index in [-0.39, 0.29) is 0 Å². The van der Waals surface area contributed by atoms with Crippen LogP contribution in [0, 0.1) is 0 Å². The van der Waals surface area contributed by atoms with Gasteiger partial charge in [0.05, 0.1) is 11.4 Å². The van der Waals surface area contributed by atoms with Gasteiger partial charge in [-0.05, 0) is 86.3 Å². The summed E-state index contributed by atoms with van der Waals surface area (Å²) < 4.78 is 6.34. The second-order valence-electron chi connectivity index (χ2n) is 13.0. The third-order valence-corrected chi connectivity index (χ3v) is 9.85. The van der Waals surface area contributed by atoms with Gasteiger partial charge >= 0.3 is 0 Å². The van der Waals surface area contributed by atoms with Crippen LogP contribution >= 0.6 is 0 Å². The lowest BCUT2D eigenvalue weighted by Gasteiger charge is -2.14. The summed E-state index contributed by atoms with van der Waals surface area (Å²) in [7, 11) is 0. The minimum Gasteiger partial charge on any atom is -0.456 e. The van der Waals surface area contributed by atoms with Crippen LogP contribution in [0.4, 0.5) is 0 Å². The van der Waals surface area contributed by atoms with E-state index in [0.717, 1.165) is 77.7 Å². The molecular formula is C48H30N2O. The Labute approximate surface area is 295 Å². The zero-order valence-electron chi connectivity index (χ0n) is 27.6. The molecule has 3 nitrogen and oxygen atoms in total. The fraction of sp³-hybridized carbons (Fsp3) is 0. The summed E-state index contributed by atoms with van der Waals surface area (Å²) in [6, 6.07) is 64.0. The molecule has 0 N–H and O–H groups in total. The summed E-state index contributed by atoms with van der Waals surface area (Å²) in [5.41, 5.74) is 11.0. The van der Waals surface area contributed by atoms with E-state index in [1.807, 2.05) is 30.3 Å². The Balaban J connectivity index is 1.25. The van der Waals surface area contributed by atoms with Crippen LogP contribution in [0.25, 0.3) is 99.6 Å². The highest BCUT2D eigenvalue weighted by molar-refractivity contribution is 6.12. The molecule has 8 aromatic carbocycles. The normalized spacial score (nSPS) is 11.5. The molecule has 2 heterocycles. The summed E-state index contributed by atoms with van der Waals surface area (Å²) in [5.74, 6) is 0.691. The standard InChI is InChI=1S/C48H30N2O/c1-2-14-33(15-3-1)48-49-43(30-44(50-48)41-21-10-17-32-13-6-7-18-39(32)41)38-28-36(35-25-24-31-12-4-5-16-34(31)26-35)27-37(29-38)40-20-11-23-46-47(40)42-19-8-9-22-45(42)51-46/h1-30H. The molecule has 0 atom stereocenters. The van der Waals surface area contributed by atoms with Gasteiger partial charge < -0.3 is 4.42 Å². The number of benzene rings is 8. The van der Waals surface area contributed by atoms with Crippen LogP contribution in [0.2, 0.25) is 0 Å². The Kier molecular flexibility index (Phi) is 6.81. The van der Waals surface area contributed by atoms with Gasteiger partial charge in [0, 0.05) is 27.5 Å². The van der Waals surface area contributed by atoms with Crippen molar-refractivity contribution in [3.8, 4) is 56.2 Å². The molecule has 51 heavy (non-hydrogen) atoms. The molecule has 0 spiro atoms. The Morgan fingerprint density at radius 1 is 0.333 bits per heavy atom. The van der Waals surface area contributed by atoms with Crippen molar-refractivity contribution in [1.29, 1.82) is 0 Å². The number of aromatic nitrogens is 2. The number of rotatable bonds is 5. The first-order valence-electron chi connectivity index (χ1n) is 17.2. The quantitative estimate of drug-likeness (QED) is 0.186. The molecule has 10 rings (SSSR count). The van der Waals surface area contributed by atoms with Crippen LogP contribution in [0.3, 0.4) is 0 Å². The van der Waals surface area contributed by atoms with Gasteiger partial charge in [-0.1, -0.05) is 140 Å². The Morgan fingerprint density at radius 3 is 1.88 bits per heavy atom. The van der Waals surface area contributed by atoms with Crippen molar-refractivity contribution in [3.05, 3.63) is 182 Å². The van der Waals surface area contributed by atoms with Crippen molar-refractivity contribution in [3.63, 3.8) is 0 Å². The van der Waals surface area contributed by atoms with E-state index < -0.39 is 0 Å². The van der Waals surface area contributed by atoms with Crippen molar-refractivity contribution in [2.45, 2.75) is 0 Å². The number of hydrogen-bond donors (Lipinski definition) is 0. The van der Waals surface area contributed by atoms with Crippen LogP contribution in [-0.4, -0.2) is 9.97 Å². The van der Waals surface area contributed by atoms with Gasteiger partial charge in [-0.3, -0.25) is 0 Å². The van der Waals surface area contributed by atoms with E-state index in [1.54, 1.807) is 0 Å². The fourth-order valence-electron chi connectivity index (χ4n) is 7.38. The average molecular weight is 651 g/mol. The number of fused-ring (bicyclic) bond motifs is 5. The Bertz CT molecular complexity index is 2920. The molecule has 3 heteroatoms.